The molecule has 0 fully saturated rings. The maximum atomic E-state index is 3.00. The van der Waals surface area contributed by atoms with E-state index in [-0.39, 0.29) is 10.8 Å². The van der Waals surface area contributed by atoms with E-state index >= 15 is 0 Å². The van der Waals surface area contributed by atoms with Crippen LogP contribution in [0.3, 0.4) is 0 Å². The number of benzene rings is 1. The molecule has 1 atom stereocenters. The molecule has 0 radical (unpaired) electrons. The smallest absolute Gasteiger partial charge is 0.00217 e. The van der Waals surface area contributed by atoms with Crippen LogP contribution in [0.5, 0.6) is 0 Å². The zero-order valence-electron chi connectivity index (χ0n) is 15.3. The summed E-state index contributed by atoms with van der Waals surface area (Å²) >= 11 is 0. The monoisotopic (exact) mass is 307 g/mol. The molecule has 2 heteroatoms. The molecule has 0 heterocycles. The number of hydrogen-bond donors (Lipinski definition) is 0. The van der Waals surface area contributed by atoms with Crippen molar-refractivity contribution in [1.29, 1.82) is 0 Å². The highest BCUT2D eigenvalue weighted by molar-refractivity contribution is 7.27. The van der Waals surface area contributed by atoms with E-state index in [1.165, 1.54) is 28.4 Å². The summed E-state index contributed by atoms with van der Waals surface area (Å²) in [5.41, 5.74) is 4.82. The van der Waals surface area contributed by atoms with Gasteiger partial charge in [0, 0.05) is 0 Å². The number of nitrogens with zero attached hydrogens (tertiary/aromatic N) is 1. The lowest BCUT2D eigenvalue weighted by Gasteiger charge is -2.28. The van der Waals surface area contributed by atoms with Gasteiger partial charge in [-0.05, 0) is 66.3 Å². The zero-order chi connectivity index (χ0) is 16.4. The van der Waals surface area contributed by atoms with Crippen molar-refractivity contribution >= 4 is 14.5 Å². The first kappa shape index (κ1) is 18.7. The highest BCUT2D eigenvalue weighted by Gasteiger charge is 2.23. The first-order valence-electron chi connectivity index (χ1n) is 8.01. The largest absolute Gasteiger partial charge is 0.309 e. The molecular formula is C19H34NP. The van der Waals surface area contributed by atoms with Crippen LogP contribution in [-0.4, -0.2) is 25.5 Å². The van der Waals surface area contributed by atoms with Gasteiger partial charge in [-0.1, -0.05) is 53.7 Å². The predicted octanol–water partition coefficient (Wildman–Crippen LogP) is 4.28. The Morgan fingerprint density at radius 3 is 1.95 bits per heavy atom. The average Bonchev–Trinajstić information content (AvgIpc) is 2.27. The van der Waals surface area contributed by atoms with Gasteiger partial charge in [-0.15, -0.1) is 9.24 Å². The molecule has 0 aliphatic rings. The Morgan fingerprint density at radius 1 is 0.952 bits per heavy atom. The van der Waals surface area contributed by atoms with Crippen molar-refractivity contribution < 1.29 is 0 Å². The molecule has 0 spiro atoms. The van der Waals surface area contributed by atoms with Crippen LogP contribution in [0.25, 0.3) is 0 Å². The van der Waals surface area contributed by atoms with E-state index in [0.29, 0.717) is 0 Å². The fraction of sp³-hybridized carbons (Fsp3) is 0.684. The Labute approximate surface area is 134 Å². The van der Waals surface area contributed by atoms with Gasteiger partial charge < -0.3 is 4.90 Å². The molecule has 0 aromatic heterocycles. The SMILES string of the molecule is CN(C)CCCc1cc(C(C)(C)C)cc(C(C)(C)C)c1P. The lowest BCUT2D eigenvalue weighted by Crippen LogP contribution is -2.25. The van der Waals surface area contributed by atoms with Gasteiger partial charge in [-0.3, -0.25) is 0 Å². The van der Waals surface area contributed by atoms with Gasteiger partial charge in [0.1, 0.15) is 0 Å². The summed E-state index contributed by atoms with van der Waals surface area (Å²) in [5, 5.41) is 1.41. The Balaban J connectivity index is 3.22. The van der Waals surface area contributed by atoms with Gasteiger partial charge in [-0.25, -0.2) is 0 Å². The summed E-state index contributed by atoms with van der Waals surface area (Å²) in [6.07, 6.45) is 2.37. The quantitative estimate of drug-likeness (QED) is 0.751. The van der Waals surface area contributed by atoms with Crippen molar-refractivity contribution in [1.82, 2.24) is 4.90 Å². The maximum Gasteiger partial charge on any atom is -0.00217 e. The Bertz CT molecular complexity index is 476. The van der Waals surface area contributed by atoms with Gasteiger partial charge in [0.2, 0.25) is 0 Å². The third-order valence-corrected chi connectivity index (χ3v) is 4.67. The Morgan fingerprint density at radius 2 is 1.52 bits per heavy atom. The molecular weight excluding hydrogens is 273 g/mol. The topological polar surface area (TPSA) is 3.24 Å². The molecule has 0 saturated heterocycles. The molecule has 0 N–H and O–H groups in total. The molecule has 0 saturated carbocycles. The number of aryl methyl sites for hydroxylation is 1. The average molecular weight is 307 g/mol. The summed E-state index contributed by atoms with van der Waals surface area (Å²) in [5.74, 6) is 0. The second-order valence-corrected chi connectivity index (χ2v) is 9.08. The van der Waals surface area contributed by atoms with Crippen molar-refractivity contribution in [3.8, 4) is 0 Å². The van der Waals surface area contributed by atoms with Crippen molar-refractivity contribution in [2.75, 3.05) is 20.6 Å². The van der Waals surface area contributed by atoms with Gasteiger partial charge in [0.25, 0.3) is 0 Å². The van der Waals surface area contributed by atoms with Crippen LogP contribution in [-0.2, 0) is 17.3 Å². The molecule has 0 aliphatic heterocycles. The fourth-order valence-corrected chi connectivity index (χ4v) is 3.30. The maximum absolute atomic E-state index is 3.00. The minimum atomic E-state index is 0.189. The molecule has 0 bridgehead atoms. The number of rotatable bonds is 4. The van der Waals surface area contributed by atoms with Crippen LogP contribution >= 0.6 is 9.24 Å². The van der Waals surface area contributed by atoms with E-state index in [9.17, 15) is 0 Å². The van der Waals surface area contributed by atoms with E-state index in [1.807, 2.05) is 0 Å². The van der Waals surface area contributed by atoms with E-state index in [2.05, 4.69) is 81.9 Å². The summed E-state index contributed by atoms with van der Waals surface area (Å²) in [6, 6.07) is 4.84. The molecule has 21 heavy (non-hydrogen) atoms. The van der Waals surface area contributed by atoms with Crippen LogP contribution < -0.4 is 5.30 Å². The lowest BCUT2D eigenvalue weighted by molar-refractivity contribution is 0.400. The summed E-state index contributed by atoms with van der Waals surface area (Å²) < 4.78 is 0. The first-order valence-corrected chi connectivity index (χ1v) is 8.58. The molecule has 120 valence electrons. The molecule has 1 nitrogen and oxygen atoms in total. The van der Waals surface area contributed by atoms with Gasteiger partial charge in [0.15, 0.2) is 0 Å². The van der Waals surface area contributed by atoms with Gasteiger partial charge >= 0.3 is 0 Å². The molecule has 1 rings (SSSR count). The normalized spacial score (nSPS) is 13.0. The first-order chi connectivity index (χ1) is 9.43. The van der Waals surface area contributed by atoms with Crippen molar-refractivity contribution in [2.45, 2.75) is 65.2 Å². The van der Waals surface area contributed by atoms with Crippen LogP contribution in [0.1, 0.15) is 64.7 Å². The molecule has 1 aromatic rings. The zero-order valence-corrected chi connectivity index (χ0v) is 16.5. The second kappa shape index (κ2) is 6.80. The van der Waals surface area contributed by atoms with Crippen LogP contribution in [0.2, 0.25) is 0 Å². The van der Waals surface area contributed by atoms with E-state index in [4.69, 9.17) is 0 Å². The highest BCUT2D eigenvalue weighted by atomic mass is 31.0. The summed E-state index contributed by atoms with van der Waals surface area (Å²) in [4.78, 5) is 2.26. The molecule has 1 aromatic carbocycles. The van der Waals surface area contributed by atoms with Crippen molar-refractivity contribution in [2.24, 2.45) is 0 Å². The highest BCUT2D eigenvalue weighted by Crippen LogP contribution is 2.30. The molecule has 0 aliphatic carbocycles. The van der Waals surface area contributed by atoms with Gasteiger partial charge in [0.05, 0.1) is 0 Å². The third kappa shape index (κ3) is 5.38. The Kier molecular flexibility index (Phi) is 6.04. The minimum Gasteiger partial charge on any atom is -0.309 e. The van der Waals surface area contributed by atoms with Crippen molar-refractivity contribution in [3.05, 3.63) is 28.8 Å². The van der Waals surface area contributed by atoms with E-state index < -0.39 is 0 Å². The summed E-state index contributed by atoms with van der Waals surface area (Å²) in [7, 11) is 7.29. The van der Waals surface area contributed by atoms with E-state index in [0.717, 1.165) is 13.0 Å². The summed E-state index contributed by atoms with van der Waals surface area (Å²) in [6.45, 7) is 15.0. The van der Waals surface area contributed by atoms with E-state index in [1.54, 1.807) is 0 Å². The van der Waals surface area contributed by atoms with Crippen LogP contribution in [0, 0.1) is 0 Å². The Hall–Kier alpha value is -0.390. The van der Waals surface area contributed by atoms with Crippen LogP contribution in [0.15, 0.2) is 12.1 Å². The fourth-order valence-electron chi connectivity index (χ4n) is 2.56. The minimum absolute atomic E-state index is 0.189. The molecule has 0 amide bonds. The predicted molar refractivity (Wildman–Crippen MR) is 100 cm³/mol. The lowest BCUT2D eigenvalue weighted by atomic mass is 9.79. The standard InChI is InChI=1S/C19H34NP/c1-18(2,3)15-12-14(10-9-11-20(7)8)17(21)16(13-15)19(4,5)6/h12-13H,9-11,21H2,1-8H3. The van der Waals surface area contributed by atoms with Gasteiger partial charge in [-0.2, -0.15) is 0 Å². The molecule has 1 unspecified atom stereocenters. The van der Waals surface area contributed by atoms with Crippen molar-refractivity contribution in [3.63, 3.8) is 0 Å². The van der Waals surface area contributed by atoms with Crippen LogP contribution in [0.4, 0.5) is 0 Å². The number of hydrogen-bond acceptors (Lipinski definition) is 1. The third-order valence-electron chi connectivity index (χ3n) is 3.99. The second-order valence-electron chi connectivity index (χ2n) is 8.50.